The molecule has 4 heterocycles. The van der Waals surface area contributed by atoms with Gasteiger partial charge in [-0.05, 0) is 107 Å². The Bertz CT molecular complexity index is 2380. The third-order valence-electron chi connectivity index (χ3n) is 13.5. The van der Waals surface area contributed by atoms with Crippen molar-refractivity contribution in [2.75, 3.05) is 0 Å². The first-order chi connectivity index (χ1) is 27.8. The van der Waals surface area contributed by atoms with E-state index in [0.29, 0.717) is 85.4 Å². The second kappa shape index (κ2) is 16.8. The number of aliphatic carboxylic acids is 2. The number of aromatic nitrogens is 8. The number of hydrogen-bond donors (Lipinski definition) is 5. The molecule has 4 aromatic rings. The quantitative estimate of drug-likeness (QED) is 0.121. The lowest BCUT2D eigenvalue weighted by Crippen LogP contribution is -2.40. The Balaban J connectivity index is 0.000000180. The van der Waals surface area contributed by atoms with Crippen molar-refractivity contribution < 1.29 is 24.9 Å². The molecule has 17 heteroatoms. The van der Waals surface area contributed by atoms with E-state index in [9.17, 15) is 44.1 Å². The number of H-pyrrole nitrogens is 2. The number of carboxylic acid groups (broad SMARTS) is 2. The number of nitrogens with zero attached hydrogens (tertiary/aromatic N) is 6. The number of carbonyl (C=O) groups is 2. The summed E-state index contributed by atoms with van der Waals surface area (Å²) in [7, 11) is 0. The first-order valence-corrected chi connectivity index (χ1v) is 21.4. The minimum Gasteiger partial charge on any atom is -0.481 e. The van der Waals surface area contributed by atoms with E-state index in [1.165, 1.54) is 9.13 Å². The van der Waals surface area contributed by atoms with Crippen molar-refractivity contribution >= 4 is 34.3 Å². The average Bonchev–Trinajstić information content (AvgIpc) is 3.93. The number of imidazole rings is 2. The molecule has 4 atom stereocenters. The molecule has 8 rings (SSSR count). The summed E-state index contributed by atoms with van der Waals surface area (Å²) < 4.78 is 5.77. The molecule has 0 amide bonds. The number of aliphatic hydroxyl groups is 1. The highest BCUT2D eigenvalue weighted by atomic mass is 16.4. The molecular formula is C41H58N8O9. The SMILES string of the molecule is CCCn1c(=O)c2[nH]c(C3CC4CCC(C3)C4C(C(=O)O)C(=O)O)nc2n(CCC)c1=O.CCCn1c(=O)c2[nH]c(C3CC4CCC(C3)C4O)nc2n(CCC)c1=O. The smallest absolute Gasteiger partial charge is 0.332 e. The largest absolute Gasteiger partial charge is 0.481 e. The average molecular weight is 807 g/mol. The molecule has 4 aliphatic rings. The minimum atomic E-state index is -1.39. The van der Waals surface area contributed by atoms with Crippen LogP contribution in [0.15, 0.2) is 19.2 Å². The number of rotatable bonds is 13. The fourth-order valence-electron chi connectivity index (χ4n) is 10.9. The number of carboxylic acids is 2. The highest BCUT2D eigenvalue weighted by Gasteiger charge is 2.51. The van der Waals surface area contributed by atoms with E-state index in [1.54, 1.807) is 9.13 Å². The maximum atomic E-state index is 13.0. The Morgan fingerprint density at radius 3 is 1.31 bits per heavy atom. The van der Waals surface area contributed by atoms with Crippen LogP contribution in [0.5, 0.6) is 0 Å². The summed E-state index contributed by atoms with van der Waals surface area (Å²) in [6.45, 7) is 9.62. The molecule has 0 saturated heterocycles. The van der Waals surface area contributed by atoms with Crippen molar-refractivity contribution in [2.24, 2.45) is 35.5 Å². The molecular weight excluding hydrogens is 748 g/mol. The Kier molecular flexibility index (Phi) is 12.0. The first kappa shape index (κ1) is 41.4. The molecule has 4 fully saturated rings. The maximum Gasteiger partial charge on any atom is 0.332 e. The molecule has 58 heavy (non-hydrogen) atoms. The fourth-order valence-corrected chi connectivity index (χ4v) is 10.9. The van der Waals surface area contributed by atoms with Crippen molar-refractivity contribution in [1.82, 2.24) is 38.2 Å². The van der Waals surface area contributed by atoms with Gasteiger partial charge in [0, 0.05) is 38.0 Å². The summed E-state index contributed by atoms with van der Waals surface area (Å²) in [5, 5.41) is 29.2. The monoisotopic (exact) mass is 806 g/mol. The highest BCUT2D eigenvalue weighted by Crippen LogP contribution is 2.54. The van der Waals surface area contributed by atoms with Gasteiger partial charge in [-0.1, -0.05) is 27.7 Å². The molecule has 4 bridgehead atoms. The van der Waals surface area contributed by atoms with Crippen LogP contribution in [-0.4, -0.2) is 71.6 Å². The number of aryl methyl sites for hydroxylation is 2. The minimum absolute atomic E-state index is 0.0150. The highest BCUT2D eigenvalue weighted by molar-refractivity contribution is 5.93. The van der Waals surface area contributed by atoms with E-state index in [-0.39, 0.29) is 58.2 Å². The predicted octanol–water partition coefficient (Wildman–Crippen LogP) is 3.98. The number of hydrogen-bond acceptors (Lipinski definition) is 9. The van der Waals surface area contributed by atoms with Crippen LogP contribution < -0.4 is 22.5 Å². The number of fused-ring (bicyclic) bond motifs is 6. The standard InChI is InChI=1S/C22H30N4O6.C19H28N4O3/c1-3-7-25-18-16(19(27)26(8-4-2)22(25)32)23-17(24-18)13-9-11-5-6-12(10-13)14(11)15(20(28)29)21(30)31;1-3-7-22-17-14(18(25)23(8-4-2)19(22)26)20-16(21-17)13-9-11-5-6-12(10-13)15(11)24/h11-15H,3-10H2,1-2H3,(H,23,24)(H,28,29)(H,30,31);11-13,15,24H,3-10H2,1-2H3,(H,20,21). The second-order valence-corrected chi connectivity index (χ2v) is 17.2. The van der Waals surface area contributed by atoms with E-state index < -0.39 is 17.9 Å². The molecule has 316 valence electrons. The molecule has 17 nitrogen and oxygen atoms in total. The van der Waals surface area contributed by atoms with Gasteiger partial charge < -0.3 is 25.3 Å². The number of nitrogens with one attached hydrogen (secondary N) is 2. The van der Waals surface area contributed by atoms with E-state index in [4.69, 9.17) is 4.98 Å². The number of aliphatic hydroxyl groups excluding tert-OH is 1. The molecule has 5 N–H and O–H groups in total. The van der Waals surface area contributed by atoms with Crippen molar-refractivity contribution in [1.29, 1.82) is 0 Å². The summed E-state index contributed by atoms with van der Waals surface area (Å²) in [6.07, 6.45) is 9.54. The van der Waals surface area contributed by atoms with Crippen LogP contribution in [0, 0.1) is 35.5 Å². The van der Waals surface area contributed by atoms with Gasteiger partial charge in [0.25, 0.3) is 11.1 Å². The maximum absolute atomic E-state index is 13.0. The van der Waals surface area contributed by atoms with Gasteiger partial charge in [0.05, 0.1) is 6.10 Å². The van der Waals surface area contributed by atoms with Crippen LogP contribution in [0.2, 0.25) is 0 Å². The van der Waals surface area contributed by atoms with Gasteiger partial charge in [0.15, 0.2) is 17.2 Å². The second-order valence-electron chi connectivity index (χ2n) is 17.2. The third kappa shape index (κ3) is 7.27. The normalized spacial score (nSPS) is 26.4. The van der Waals surface area contributed by atoms with Gasteiger partial charge in [-0.3, -0.25) is 37.4 Å². The number of aromatic amines is 2. The molecule has 4 aromatic heterocycles. The van der Waals surface area contributed by atoms with Crippen molar-refractivity contribution in [2.45, 2.75) is 149 Å². The van der Waals surface area contributed by atoms with Gasteiger partial charge in [-0.2, -0.15) is 0 Å². The van der Waals surface area contributed by atoms with Crippen molar-refractivity contribution in [3.8, 4) is 0 Å². The lowest BCUT2D eigenvalue weighted by molar-refractivity contribution is -0.159. The molecule has 4 aliphatic carbocycles. The van der Waals surface area contributed by atoms with Crippen LogP contribution in [0.3, 0.4) is 0 Å². The molecule has 0 aromatic carbocycles. The Labute approximate surface area is 334 Å². The molecule has 0 spiro atoms. The molecule has 0 aliphatic heterocycles. The summed E-state index contributed by atoms with van der Waals surface area (Å²) in [5.74, 6) is -2.04. The predicted molar refractivity (Wildman–Crippen MR) is 215 cm³/mol. The summed E-state index contributed by atoms with van der Waals surface area (Å²) in [4.78, 5) is 90.5. The van der Waals surface area contributed by atoms with Gasteiger partial charge in [0.2, 0.25) is 0 Å². The topological polar surface area (TPSA) is 240 Å². The Morgan fingerprint density at radius 2 is 0.948 bits per heavy atom. The third-order valence-corrected chi connectivity index (χ3v) is 13.5. The molecule has 4 saturated carbocycles. The zero-order valence-corrected chi connectivity index (χ0v) is 34.0. The lowest BCUT2D eigenvalue weighted by atomic mass is 9.68. The van der Waals surface area contributed by atoms with Crippen LogP contribution >= 0.6 is 0 Å². The summed E-state index contributed by atoms with van der Waals surface area (Å²) in [6, 6.07) is 0. The first-order valence-electron chi connectivity index (χ1n) is 21.4. The van der Waals surface area contributed by atoms with Gasteiger partial charge >= 0.3 is 23.3 Å². The van der Waals surface area contributed by atoms with Crippen LogP contribution in [-0.2, 0) is 35.8 Å². The molecule has 4 unspecified atom stereocenters. The van der Waals surface area contributed by atoms with E-state index in [2.05, 4.69) is 15.0 Å². The van der Waals surface area contributed by atoms with Gasteiger partial charge in [0.1, 0.15) is 22.7 Å². The van der Waals surface area contributed by atoms with E-state index in [1.807, 2.05) is 27.7 Å². The van der Waals surface area contributed by atoms with Crippen molar-refractivity contribution in [3.05, 3.63) is 53.3 Å². The van der Waals surface area contributed by atoms with Crippen LogP contribution in [0.1, 0.15) is 128 Å². The van der Waals surface area contributed by atoms with Gasteiger partial charge in [-0.25, -0.2) is 19.6 Å². The zero-order chi connectivity index (χ0) is 41.6. The van der Waals surface area contributed by atoms with Crippen molar-refractivity contribution in [3.63, 3.8) is 0 Å². The summed E-state index contributed by atoms with van der Waals surface area (Å²) >= 11 is 0. The fraction of sp³-hybridized carbons (Fsp3) is 0.707. The molecule has 0 radical (unpaired) electrons. The van der Waals surface area contributed by atoms with E-state index in [0.717, 1.165) is 63.6 Å². The lowest BCUT2D eigenvalue weighted by Gasteiger charge is -2.36. The zero-order valence-electron chi connectivity index (χ0n) is 34.0. The van der Waals surface area contributed by atoms with E-state index >= 15 is 0 Å². The Morgan fingerprint density at radius 1 is 0.603 bits per heavy atom. The van der Waals surface area contributed by atoms with Crippen LogP contribution in [0.25, 0.3) is 22.3 Å². The van der Waals surface area contributed by atoms with Crippen LogP contribution in [0.4, 0.5) is 0 Å². The van der Waals surface area contributed by atoms with Gasteiger partial charge in [-0.15, -0.1) is 0 Å². The Hall–Kier alpha value is -4.80. The summed E-state index contributed by atoms with van der Waals surface area (Å²) in [5.41, 5.74) is 0.380.